The lowest BCUT2D eigenvalue weighted by molar-refractivity contribution is 0.283. The lowest BCUT2D eigenvalue weighted by atomic mass is 9.80. The van der Waals surface area contributed by atoms with Crippen molar-refractivity contribution < 1.29 is 4.74 Å². The number of ether oxygens (including phenoxy) is 1. The second-order valence-corrected chi connectivity index (χ2v) is 5.98. The number of nitriles is 1. The summed E-state index contributed by atoms with van der Waals surface area (Å²) in [4.78, 5) is 8.47. The van der Waals surface area contributed by atoms with E-state index in [2.05, 4.69) is 16.0 Å². The lowest BCUT2D eigenvalue weighted by Crippen LogP contribution is -2.24. The molecule has 0 radical (unpaired) electrons. The van der Waals surface area contributed by atoms with E-state index in [-0.39, 0.29) is 11.8 Å². The molecule has 1 aromatic carbocycles. The molecule has 1 atom stereocenters. The van der Waals surface area contributed by atoms with Crippen LogP contribution in [0.25, 0.3) is 5.69 Å². The molecular weight excluding hydrogens is 326 g/mol. The molecule has 0 spiro atoms. The molecule has 0 saturated heterocycles. The molecule has 1 unspecified atom stereocenters. The van der Waals surface area contributed by atoms with Gasteiger partial charge in [0.05, 0.1) is 12.2 Å². The van der Waals surface area contributed by atoms with Crippen molar-refractivity contribution in [2.45, 2.75) is 26.2 Å². The normalized spacial score (nSPS) is 17.9. The summed E-state index contributed by atoms with van der Waals surface area (Å²) >= 11 is 0. The zero-order valence-electron chi connectivity index (χ0n) is 15.1. The van der Waals surface area contributed by atoms with Crippen LogP contribution in [-0.2, 0) is 4.74 Å². The van der Waals surface area contributed by atoms with Gasteiger partial charge in [-0.15, -0.1) is 0 Å². The number of aromatic nitrogens is 2. The fourth-order valence-electron chi connectivity index (χ4n) is 3.31. The van der Waals surface area contributed by atoms with Gasteiger partial charge >= 0.3 is 0 Å². The summed E-state index contributed by atoms with van der Waals surface area (Å²) in [6, 6.07) is 10.2. The quantitative estimate of drug-likeness (QED) is 0.858. The van der Waals surface area contributed by atoms with Crippen molar-refractivity contribution in [1.82, 2.24) is 9.55 Å². The van der Waals surface area contributed by atoms with Gasteiger partial charge < -0.3 is 15.0 Å². The third kappa shape index (κ3) is 3.00. The number of nitrogens with two attached hydrogens (primary N) is 1. The number of hydrogen-bond acceptors (Lipinski definition) is 5. The molecular formula is C20H21N5O. The Hall–Kier alpha value is -3.33. The molecule has 2 N–H and O–H groups in total. The maximum Gasteiger partial charge on any atom is 0.205 e. The summed E-state index contributed by atoms with van der Waals surface area (Å²) in [6.07, 6.45) is 6.11. The van der Waals surface area contributed by atoms with Gasteiger partial charge in [0.15, 0.2) is 0 Å². The Morgan fingerprint density at radius 2 is 2.12 bits per heavy atom. The van der Waals surface area contributed by atoms with E-state index < -0.39 is 0 Å². The highest BCUT2D eigenvalue weighted by atomic mass is 16.5. The minimum Gasteiger partial charge on any atom is -0.445 e. The summed E-state index contributed by atoms with van der Waals surface area (Å²) in [5, 5.41) is 9.69. The maximum atomic E-state index is 9.69. The highest BCUT2D eigenvalue weighted by Crippen LogP contribution is 2.40. The van der Waals surface area contributed by atoms with Crippen molar-refractivity contribution in [3.8, 4) is 11.8 Å². The third-order valence-corrected chi connectivity index (χ3v) is 4.55. The fraction of sp³-hybridized carbons (Fsp3) is 0.250. The van der Waals surface area contributed by atoms with Crippen molar-refractivity contribution >= 4 is 5.71 Å². The first-order valence-electron chi connectivity index (χ1n) is 8.43. The van der Waals surface area contributed by atoms with Gasteiger partial charge in [0, 0.05) is 36.4 Å². The summed E-state index contributed by atoms with van der Waals surface area (Å²) < 4.78 is 7.57. The van der Waals surface area contributed by atoms with Crippen LogP contribution in [0.4, 0.5) is 0 Å². The van der Waals surface area contributed by atoms with Crippen LogP contribution in [0, 0.1) is 11.3 Å². The Kier molecular flexibility index (Phi) is 4.90. The highest BCUT2D eigenvalue weighted by molar-refractivity contribution is 6.02. The zero-order valence-corrected chi connectivity index (χ0v) is 15.1. The van der Waals surface area contributed by atoms with Crippen LogP contribution < -0.4 is 5.73 Å². The van der Waals surface area contributed by atoms with E-state index in [0.717, 1.165) is 29.0 Å². The summed E-state index contributed by atoms with van der Waals surface area (Å²) in [7, 11) is 1.76. The van der Waals surface area contributed by atoms with E-state index in [4.69, 9.17) is 10.5 Å². The molecule has 2 heterocycles. The Bertz CT molecular complexity index is 928. The number of nitrogens with zero attached hydrogens (tertiary/aromatic N) is 4. The molecule has 1 aliphatic heterocycles. The first-order valence-corrected chi connectivity index (χ1v) is 8.43. The maximum absolute atomic E-state index is 9.69. The van der Waals surface area contributed by atoms with Crippen molar-refractivity contribution in [1.29, 1.82) is 5.26 Å². The van der Waals surface area contributed by atoms with Crippen LogP contribution in [0.3, 0.4) is 0 Å². The number of benzene rings is 1. The number of allylic oxidation sites excluding steroid dienone is 3. The van der Waals surface area contributed by atoms with Crippen molar-refractivity contribution in [2.75, 3.05) is 7.05 Å². The molecule has 0 fully saturated rings. The number of imidazole rings is 1. The van der Waals surface area contributed by atoms with Gasteiger partial charge in [-0.1, -0.05) is 19.1 Å². The average Bonchev–Trinajstić information content (AvgIpc) is 3.19. The number of hydrogen-bond donors (Lipinski definition) is 1. The van der Waals surface area contributed by atoms with Crippen LogP contribution in [0.2, 0.25) is 0 Å². The molecule has 0 aliphatic carbocycles. The first kappa shape index (κ1) is 17.5. The van der Waals surface area contributed by atoms with Crippen LogP contribution in [-0.4, -0.2) is 22.3 Å². The number of aliphatic imine (C=N–C) groups is 1. The van der Waals surface area contributed by atoms with E-state index in [1.807, 2.05) is 48.9 Å². The Morgan fingerprint density at radius 1 is 1.38 bits per heavy atom. The van der Waals surface area contributed by atoms with Crippen molar-refractivity contribution in [2.24, 2.45) is 10.7 Å². The van der Waals surface area contributed by atoms with E-state index >= 15 is 0 Å². The standard InChI is InChI=1S/C20H21N5O/c1-4-17(23-3)18-13(2)26-20(22)16(11-21)19(18)14-5-7-15(8-6-14)25-10-9-24-12-25/h5-10,12,19H,4,22H2,1-3H3. The van der Waals surface area contributed by atoms with Crippen LogP contribution in [0.15, 0.2) is 70.8 Å². The predicted molar refractivity (Wildman–Crippen MR) is 101 cm³/mol. The summed E-state index contributed by atoms with van der Waals surface area (Å²) in [5.41, 5.74) is 10.2. The average molecular weight is 347 g/mol. The van der Waals surface area contributed by atoms with Crippen LogP contribution in [0.5, 0.6) is 0 Å². The second kappa shape index (κ2) is 7.28. The van der Waals surface area contributed by atoms with Crippen molar-refractivity contribution in [3.05, 3.63) is 71.3 Å². The topological polar surface area (TPSA) is 89.2 Å². The Balaban J connectivity index is 2.11. The molecule has 1 aromatic heterocycles. The van der Waals surface area contributed by atoms with Gasteiger partial charge in [0.25, 0.3) is 0 Å². The van der Waals surface area contributed by atoms with Gasteiger partial charge in [-0.25, -0.2) is 4.98 Å². The Labute approximate surface area is 152 Å². The van der Waals surface area contributed by atoms with E-state index in [1.54, 1.807) is 19.6 Å². The van der Waals surface area contributed by atoms with Crippen LogP contribution >= 0.6 is 0 Å². The minimum atomic E-state index is -0.288. The second-order valence-electron chi connectivity index (χ2n) is 5.98. The third-order valence-electron chi connectivity index (χ3n) is 4.55. The lowest BCUT2D eigenvalue weighted by Gasteiger charge is -2.29. The Morgan fingerprint density at radius 3 is 2.65 bits per heavy atom. The molecule has 6 nitrogen and oxygen atoms in total. The minimum absolute atomic E-state index is 0.156. The van der Waals surface area contributed by atoms with Gasteiger partial charge in [-0.2, -0.15) is 5.26 Å². The monoisotopic (exact) mass is 347 g/mol. The molecule has 0 amide bonds. The molecule has 1 aliphatic rings. The van der Waals surface area contributed by atoms with Gasteiger partial charge in [0.1, 0.15) is 17.4 Å². The van der Waals surface area contributed by atoms with Gasteiger partial charge in [0.2, 0.25) is 5.88 Å². The van der Waals surface area contributed by atoms with Gasteiger partial charge in [-0.3, -0.25) is 4.99 Å². The largest absolute Gasteiger partial charge is 0.445 e. The predicted octanol–water partition coefficient (Wildman–Crippen LogP) is 3.43. The van der Waals surface area contributed by atoms with Gasteiger partial charge in [-0.05, 0) is 31.0 Å². The van der Waals surface area contributed by atoms with E-state index in [1.165, 1.54) is 0 Å². The molecule has 3 rings (SSSR count). The molecule has 0 saturated carbocycles. The van der Waals surface area contributed by atoms with Crippen LogP contribution in [0.1, 0.15) is 31.7 Å². The first-order chi connectivity index (χ1) is 12.6. The number of rotatable bonds is 4. The molecule has 0 bridgehead atoms. The SMILES string of the molecule is CCC(=NC)C1=C(C)OC(N)=C(C#N)C1c1ccc(-n2ccnc2)cc1. The fourth-order valence-corrected chi connectivity index (χ4v) is 3.31. The summed E-state index contributed by atoms with van der Waals surface area (Å²) in [5.74, 6) is 0.556. The summed E-state index contributed by atoms with van der Waals surface area (Å²) in [6.45, 7) is 3.90. The smallest absolute Gasteiger partial charge is 0.205 e. The zero-order chi connectivity index (χ0) is 18.7. The highest BCUT2D eigenvalue weighted by Gasteiger charge is 2.33. The molecule has 6 heteroatoms. The van der Waals surface area contributed by atoms with E-state index in [0.29, 0.717) is 11.3 Å². The molecule has 132 valence electrons. The molecule has 2 aromatic rings. The molecule has 26 heavy (non-hydrogen) atoms. The van der Waals surface area contributed by atoms with Crippen molar-refractivity contribution in [3.63, 3.8) is 0 Å². The van der Waals surface area contributed by atoms with E-state index in [9.17, 15) is 5.26 Å².